The Labute approximate surface area is 112 Å². The van der Waals surface area contributed by atoms with Crippen LogP contribution in [0.3, 0.4) is 0 Å². The van der Waals surface area contributed by atoms with Gasteiger partial charge in [-0.15, -0.1) is 0 Å². The number of aromatic amines is 1. The number of carbonyl (C=O) groups is 1. The van der Waals surface area contributed by atoms with E-state index in [0.29, 0.717) is 24.5 Å². The number of nitrogens with one attached hydrogen (secondary N) is 1. The Kier molecular flexibility index (Phi) is 4.18. The van der Waals surface area contributed by atoms with Gasteiger partial charge in [0.05, 0.1) is 18.7 Å². The van der Waals surface area contributed by atoms with Crippen LogP contribution in [-0.4, -0.2) is 34.4 Å². The molecule has 0 unspecified atom stereocenters. The second-order valence-corrected chi connectivity index (χ2v) is 4.13. The minimum atomic E-state index is -0.0829. The number of rotatable bonds is 5. The van der Waals surface area contributed by atoms with E-state index in [4.69, 9.17) is 4.74 Å². The van der Waals surface area contributed by atoms with E-state index in [-0.39, 0.29) is 5.91 Å². The first kappa shape index (κ1) is 13.1. The fourth-order valence-corrected chi connectivity index (χ4v) is 1.81. The fraction of sp³-hybridized carbons (Fsp3) is 0.286. The number of hydrogen-bond donors (Lipinski definition) is 1. The molecule has 0 atom stereocenters. The van der Waals surface area contributed by atoms with E-state index in [9.17, 15) is 4.79 Å². The maximum Gasteiger partial charge on any atom is 0.257 e. The van der Waals surface area contributed by atoms with Crippen molar-refractivity contribution in [1.82, 2.24) is 14.9 Å². The molecule has 0 saturated heterocycles. The van der Waals surface area contributed by atoms with Gasteiger partial charge in [-0.1, -0.05) is 12.1 Å². The molecule has 0 saturated carbocycles. The number of amides is 1. The van der Waals surface area contributed by atoms with Crippen LogP contribution >= 0.6 is 0 Å². The average molecular weight is 259 g/mol. The summed E-state index contributed by atoms with van der Waals surface area (Å²) in [5, 5.41) is 0. The second kappa shape index (κ2) is 6.04. The first-order chi connectivity index (χ1) is 9.22. The van der Waals surface area contributed by atoms with E-state index in [2.05, 4.69) is 9.97 Å². The van der Waals surface area contributed by atoms with Gasteiger partial charge in [0.15, 0.2) is 0 Å². The third-order valence-electron chi connectivity index (χ3n) is 2.71. The van der Waals surface area contributed by atoms with Gasteiger partial charge in [0, 0.05) is 19.4 Å². The molecule has 0 bridgehead atoms. The molecule has 2 rings (SSSR count). The normalized spacial score (nSPS) is 10.2. The highest BCUT2D eigenvalue weighted by molar-refractivity contribution is 5.96. The van der Waals surface area contributed by atoms with Gasteiger partial charge in [-0.2, -0.15) is 0 Å². The van der Waals surface area contributed by atoms with Crippen molar-refractivity contribution < 1.29 is 9.53 Å². The zero-order chi connectivity index (χ0) is 13.7. The highest BCUT2D eigenvalue weighted by Crippen LogP contribution is 2.19. The summed E-state index contributed by atoms with van der Waals surface area (Å²) in [7, 11) is 1.74. The number of imidazole rings is 1. The van der Waals surface area contributed by atoms with Crippen molar-refractivity contribution in [3.05, 3.63) is 48.0 Å². The largest absolute Gasteiger partial charge is 0.493 e. The molecule has 0 aliphatic rings. The first-order valence-electron chi connectivity index (χ1n) is 6.18. The van der Waals surface area contributed by atoms with Crippen LogP contribution in [0.1, 0.15) is 23.1 Å². The number of aromatic nitrogens is 2. The van der Waals surface area contributed by atoms with Crippen LogP contribution in [0.25, 0.3) is 0 Å². The molecule has 5 nitrogen and oxygen atoms in total. The van der Waals surface area contributed by atoms with Crippen LogP contribution in [0.2, 0.25) is 0 Å². The predicted molar refractivity (Wildman–Crippen MR) is 72.0 cm³/mol. The Morgan fingerprint density at radius 1 is 1.42 bits per heavy atom. The van der Waals surface area contributed by atoms with Crippen molar-refractivity contribution in [2.24, 2.45) is 0 Å². The van der Waals surface area contributed by atoms with Crippen LogP contribution in [-0.2, 0) is 6.54 Å². The van der Waals surface area contributed by atoms with Crippen LogP contribution in [0, 0.1) is 0 Å². The van der Waals surface area contributed by atoms with Crippen molar-refractivity contribution in [1.29, 1.82) is 0 Å². The minimum Gasteiger partial charge on any atom is -0.493 e. The van der Waals surface area contributed by atoms with E-state index < -0.39 is 0 Å². The number of carbonyl (C=O) groups excluding carboxylic acids is 1. The van der Waals surface area contributed by atoms with Crippen molar-refractivity contribution in [3.63, 3.8) is 0 Å². The van der Waals surface area contributed by atoms with E-state index in [0.717, 1.165) is 5.82 Å². The molecule has 1 N–H and O–H groups in total. The topological polar surface area (TPSA) is 58.2 Å². The molecule has 2 aromatic rings. The van der Waals surface area contributed by atoms with E-state index in [1.165, 1.54) is 0 Å². The lowest BCUT2D eigenvalue weighted by Gasteiger charge is -2.17. The Morgan fingerprint density at radius 3 is 2.89 bits per heavy atom. The van der Waals surface area contributed by atoms with Crippen LogP contribution in [0.5, 0.6) is 5.75 Å². The van der Waals surface area contributed by atoms with Gasteiger partial charge in [0.25, 0.3) is 5.91 Å². The SMILES string of the molecule is CCOc1ccccc1C(=O)N(C)Cc1ncc[nH]1. The Bertz CT molecular complexity index is 537. The summed E-state index contributed by atoms with van der Waals surface area (Å²) in [5.74, 6) is 1.28. The van der Waals surface area contributed by atoms with Crippen molar-refractivity contribution in [2.45, 2.75) is 13.5 Å². The third kappa shape index (κ3) is 3.13. The molecule has 100 valence electrons. The molecule has 1 heterocycles. The molecule has 5 heteroatoms. The molecule has 19 heavy (non-hydrogen) atoms. The summed E-state index contributed by atoms with van der Waals surface area (Å²) in [6.45, 7) is 2.87. The van der Waals surface area contributed by atoms with Crippen LogP contribution in [0.4, 0.5) is 0 Å². The first-order valence-corrected chi connectivity index (χ1v) is 6.18. The van der Waals surface area contributed by atoms with Gasteiger partial charge in [0.1, 0.15) is 11.6 Å². The molecule has 0 spiro atoms. The lowest BCUT2D eigenvalue weighted by atomic mass is 10.2. The Morgan fingerprint density at radius 2 is 2.21 bits per heavy atom. The number of ether oxygens (including phenoxy) is 1. The zero-order valence-corrected chi connectivity index (χ0v) is 11.1. The lowest BCUT2D eigenvalue weighted by molar-refractivity contribution is 0.0777. The van der Waals surface area contributed by atoms with Gasteiger partial charge >= 0.3 is 0 Å². The summed E-state index contributed by atoms with van der Waals surface area (Å²) in [6.07, 6.45) is 3.41. The predicted octanol–water partition coefficient (Wildman–Crippen LogP) is 2.08. The third-order valence-corrected chi connectivity index (χ3v) is 2.71. The van der Waals surface area contributed by atoms with Gasteiger partial charge in [-0.05, 0) is 19.1 Å². The van der Waals surface area contributed by atoms with E-state index in [1.54, 1.807) is 36.5 Å². The molecule has 0 fully saturated rings. The van der Waals surface area contributed by atoms with Gasteiger partial charge in [0.2, 0.25) is 0 Å². The number of hydrogen-bond acceptors (Lipinski definition) is 3. The number of H-pyrrole nitrogens is 1. The summed E-state index contributed by atoms with van der Waals surface area (Å²) < 4.78 is 5.47. The smallest absolute Gasteiger partial charge is 0.257 e. The quantitative estimate of drug-likeness (QED) is 0.894. The number of nitrogens with zero attached hydrogens (tertiary/aromatic N) is 2. The summed E-state index contributed by atoms with van der Waals surface area (Å²) in [6, 6.07) is 7.26. The standard InChI is InChI=1S/C14H17N3O2/c1-3-19-12-7-5-4-6-11(12)14(18)17(2)10-13-15-8-9-16-13/h4-9H,3,10H2,1-2H3,(H,15,16). The van der Waals surface area contributed by atoms with Crippen molar-refractivity contribution >= 4 is 5.91 Å². The fourth-order valence-electron chi connectivity index (χ4n) is 1.81. The maximum absolute atomic E-state index is 12.4. The monoisotopic (exact) mass is 259 g/mol. The van der Waals surface area contributed by atoms with Crippen molar-refractivity contribution in [2.75, 3.05) is 13.7 Å². The highest BCUT2D eigenvalue weighted by atomic mass is 16.5. The molecule has 0 aliphatic heterocycles. The summed E-state index contributed by atoms with van der Waals surface area (Å²) in [4.78, 5) is 21.1. The van der Waals surface area contributed by atoms with E-state index in [1.807, 2.05) is 19.1 Å². The molecule has 0 radical (unpaired) electrons. The molecule has 1 aromatic heterocycles. The number of para-hydroxylation sites is 1. The van der Waals surface area contributed by atoms with Gasteiger partial charge in [-0.3, -0.25) is 4.79 Å². The zero-order valence-electron chi connectivity index (χ0n) is 11.1. The van der Waals surface area contributed by atoms with Crippen LogP contribution < -0.4 is 4.74 Å². The Hall–Kier alpha value is -2.30. The molecule has 0 aliphatic carbocycles. The highest BCUT2D eigenvalue weighted by Gasteiger charge is 2.17. The van der Waals surface area contributed by atoms with E-state index >= 15 is 0 Å². The second-order valence-electron chi connectivity index (χ2n) is 4.13. The average Bonchev–Trinajstić information content (AvgIpc) is 2.92. The van der Waals surface area contributed by atoms with Gasteiger partial charge in [-0.25, -0.2) is 4.98 Å². The number of benzene rings is 1. The summed E-state index contributed by atoms with van der Waals surface area (Å²) >= 11 is 0. The van der Waals surface area contributed by atoms with Crippen molar-refractivity contribution in [3.8, 4) is 5.75 Å². The van der Waals surface area contributed by atoms with Crippen LogP contribution in [0.15, 0.2) is 36.7 Å². The molecule has 1 aromatic carbocycles. The summed E-state index contributed by atoms with van der Waals surface area (Å²) in [5.41, 5.74) is 0.568. The molecule has 1 amide bonds. The van der Waals surface area contributed by atoms with Gasteiger partial charge < -0.3 is 14.6 Å². The maximum atomic E-state index is 12.4. The Balaban J connectivity index is 2.14. The molecular weight excluding hydrogens is 242 g/mol. The minimum absolute atomic E-state index is 0.0829. The lowest BCUT2D eigenvalue weighted by Crippen LogP contribution is -2.27. The molecular formula is C14H17N3O2.